The van der Waals surface area contributed by atoms with Crippen molar-refractivity contribution in [2.75, 3.05) is 13.1 Å². The molecule has 1 spiro atoms. The lowest BCUT2D eigenvalue weighted by Gasteiger charge is -2.57. The number of fused-ring (bicyclic) bond motifs is 3. The van der Waals surface area contributed by atoms with Crippen molar-refractivity contribution in [2.24, 2.45) is 16.5 Å². The van der Waals surface area contributed by atoms with Gasteiger partial charge in [-0.25, -0.2) is 10.1 Å². The van der Waals surface area contributed by atoms with Crippen LogP contribution >= 0.6 is 0 Å². The second-order valence-corrected chi connectivity index (χ2v) is 9.38. The van der Waals surface area contributed by atoms with E-state index < -0.39 is 16.3 Å². The molecule has 1 aromatic carbocycles. The van der Waals surface area contributed by atoms with Crippen LogP contribution in [-0.2, 0) is 10.2 Å². The summed E-state index contributed by atoms with van der Waals surface area (Å²) in [6, 6.07) is 8.40. The Morgan fingerprint density at radius 1 is 1.23 bits per heavy atom. The van der Waals surface area contributed by atoms with E-state index >= 15 is 0 Å². The Labute approximate surface area is 152 Å². The number of imidazole rings is 1. The third-order valence-corrected chi connectivity index (χ3v) is 7.76. The van der Waals surface area contributed by atoms with Crippen molar-refractivity contribution in [3.63, 3.8) is 0 Å². The molecule has 2 unspecified atom stereocenters. The third-order valence-electron chi connectivity index (χ3n) is 6.68. The van der Waals surface area contributed by atoms with Crippen LogP contribution in [0.2, 0.25) is 0 Å². The van der Waals surface area contributed by atoms with Crippen molar-refractivity contribution >= 4 is 10.2 Å². The Balaban J connectivity index is 1.40. The Kier molecular flexibility index (Phi) is 3.40. The van der Waals surface area contributed by atoms with Crippen molar-refractivity contribution in [2.45, 2.75) is 31.4 Å². The van der Waals surface area contributed by atoms with E-state index in [1.165, 1.54) is 15.4 Å². The molecule has 0 bridgehead atoms. The van der Waals surface area contributed by atoms with Crippen LogP contribution in [0.5, 0.6) is 0 Å². The zero-order valence-electron chi connectivity index (χ0n) is 14.3. The smallest absolute Gasteiger partial charge is 0.276 e. The number of hydrogen-bond donors (Lipinski definition) is 2. The van der Waals surface area contributed by atoms with Crippen molar-refractivity contribution < 1.29 is 13.5 Å². The van der Waals surface area contributed by atoms with Gasteiger partial charge in [0.05, 0.1) is 30.4 Å². The number of hydrogen-bond acceptors (Lipinski definition) is 4. The van der Waals surface area contributed by atoms with Gasteiger partial charge in [0.15, 0.2) is 0 Å². The van der Waals surface area contributed by atoms with Crippen LogP contribution in [0.4, 0.5) is 0 Å². The topological polar surface area (TPSA) is 101 Å². The van der Waals surface area contributed by atoms with Crippen LogP contribution in [0, 0.1) is 11.3 Å². The highest BCUT2D eigenvalue weighted by atomic mass is 32.2. The average Bonchev–Trinajstić information content (AvgIpc) is 3.20. The number of benzene rings is 1. The number of rotatable bonds is 2. The summed E-state index contributed by atoms with van der Waals surface area (Å²) in [6.07, 6.45) is 5.49. The highest BCUT2D eigenvalue weighted by molar-refractivity contribution is 7.86. The van der Waals surface area contributed by atoms with Crippen LogP contribution in [-0.4, -0.2) is 46.6 Å². The summed E-state index contributed by atoms with van der Waals surface area (Å²) < 4.78 is 26.6. The molecule has 0 amide bonds. The molecule has 2 aliphatic heterocycles. The molecule has 1 saturated heterocycles. The molecule has 138 valence electrons. The lowest BCUT2D eigenvalue weighted by Crippen LogP contribution is -2.60. The van der Waals surface area contributed by atoms with Crippen molar-refractivity contribution in [3.05, 3.63) is 42.4 Å². The number of aliphatic hydroxyl groups excluding tert-OH is 1. The number of nitrogens with zero attached hydrogens (tertiary/aromatic N) is 3. The van der Waals surface area contributed by atoms with Gasteiger partial charge in [-0.15, -0.1) is 0 Å². The predicted octanol–water partition coefficient (Wildman–Crippen LogP) is 1.12. The van der Waals surface area contributed by atoms with E-state index in [1.807, 2.05) is 24.7 Å². The molecular weight excluding hydrogens is 352 g/mol. The summed E-state index contributed by atoms with van der Waals surface area (Å²) in [7, 11) is -3.64. The van der Waals surface area contributed by atoms with Gasteiger partial charge in [0.25, 0.3) is 10.2 Å². The minimum atomic E-state index is -3.64. The summed E-state index contributed by atoms with van der Waals surface area (Å²) in [5.74, 6) is 0.118. The maximum absolute atomic E-state index is 11.5. The largest absolute Gasteiger partial charge is 0.392 e. The van der Waals surface area contributed by atoms with Gasteiger partial charge in [-0.2, -0.15) is 12.7 Å². The predicted molar refractivity (Wildman–Crippen MR) is 96.3 cm³/mol. The highest BCUT2D eigenvalue weighted by Crippen LogP contribution is 2.59. The van der Waals surface area contributed by atoms with Crippen LogP contribution in [0.1, 0.15) is 30.9 Å². The van der Waals surface area contributed by atoms with Crippen LogP contribution < -0.4 is 5.14 Å². The minimum absolute atomic E-state index is 0.0978. The molecule has 3 N–H and O–H groups in total. The number of nitrogens with two attached hydrogens (primary N) is 1. The summed E-state index contributed by atoms with van der Waals surface area (Å²) in [5.41, 5.74) is 3.34. The Hall–Kier alpha value is -1.74. The summed E-state index contributed by atoms with van der Waals surface area (Å²) >= 11 is 0. The van der Waals surface area contributed by atoms with Crippen LogP contribution in [0.15, 0.2) is 36.8 Å². The van der Waals surface area contributed by atoms with E-state index in [2.05, 4.69) is 21.7 Å². The van der Waals surface area contributed by atoms with E-state index in [1.54, 1.807) is 0 Å². The first kappa shape index (κ1) is 16.4. The van der Waals surface area contributed by atoms with Gasteiger partial charge >= 0.3 is 0 Å². The summed E-state index contributed by atoms with van der Waals surface area (Å²) in [4.78, 5) is 4.29. The zero-order valence-corrected chi connectivity index (χ0v) is 15.1. The first-order chi connectivity index (χ1) is 12.4. The third kappa shape index (κ3) is 2.16. The maximum atomic E-state index is 11.5. The molecule has 2 aromatic rings. The van der Waals surface area contributed by atoms with Gasteiger partial charge < -0.3 is 9.67 Å². The van der Waals surface area contributed by atoms with E-state index in [9.17, 15) is 13.5 Å². The number of piperidine rings is 1. The van der Waals surface area contributed by atoms with Crippen LogP contribution in [0.3, 0.4) is 0 Å². The summed E-state index contributed by atoms with van der Waals surface area (Å²) in [5, 5.41) is 16.3. The number of aromatic nitrogens is 2. The van der Waals surface area contributed by atoms with E-state index in [0.717, 1.165) is 12.1 Å². The van der Waals surface area contributed by atoms with Crippen LogP contribution in [0.25, 0.3) is 11.3 Å². The standard InChI is InChI=1S/C18H22N4O3S/c19-26(24,25)21-7-5-18(6-8-21)9-14(17(18)23)16-13-4-2-1-3-12(13)15-10-20-11-22(15)16/h1-4,10-11,14,16-17,23H,5-9H2,(H2,19,24,25)/t14?,16-,17?/m0/s1. The molecule has 3 heterocycles. The van der Waals surface area contributed by atoms with Gasteiger partial charge in [-0.1, -0.05) is 24.3 Å². The fraction of sp³-hybridized carbons (Fsp3) is 0.500. The second kappa shape index (κ2) is 5.39. The molecular formula is C18H22N4O3S. The molecule has 5 rings (SSSR count). The number of aliphatic hydroxyl groups is 1. The Morgan fingerprint density at radius 3 is 2.65 bits per heavy atom. The molecule has 26 heavy (non-hydrogen) atoms. The molecule has 1 aliphatic carbocycles. The van der Waals surface area contributed by atoms with Crippen molar-refractivity contribution in [1.29, 1.82) is 0 Å². The average molecular weight is 374 g/mol. The van der Waals surface area contributed by atoms with Crippen molar-refractivity contribution in [3.8, 4) is 11.3 Å². The normalized spacial score (nSPS) is 30.0. The fourth-order valence-corrected chi connectivity index (χ4v) is 5.97. The molecule has 3 atom stereocenters. The monoisotopic (exact) mass is 374 g/mol. The van der Waals surface area contributed by atoms with E-state index in [4.69, 9.17) is 5.14 Å². The van der Waals surface area contributed by atoms with Gasteiger partial charge in [0.2, 0.25) is 0 Å². The molecule has 1 aromatic heterocycles. The first-order valence-corrected chi connectivity index (χ1v) is 10.5. The van der Waals surface area contributed by atoms with Crippen molar-refractivity contribution in [1.82, 2.24) is 13.9 Å². The molecule has 2 fully saturated rings. The lowest BCUT2D eigenvalue weighted by molar-refractivity contribution is -0.152. The van der Waals surface area contributed by atoms with Gasteiger partial charge in [0.1, 0.15) is 0 Å². The minimum Gasteiger partial charge on any atom is -0.392 e. The highest BCUT2D eigenvalue weighted by Gasteiger charge is 2.58. The zero-order chi connectivity index (χ0) is 18.1. The van der Waals surface area contributed by atoms with Gasteiger partial charge in [0, 0.05) is 24.6 Å². The SMILES string of the molecule is NS(=O)(=O)N1CCC2(CC1)CC([C@@H]1c3ccccc3-c3cncn31)C2O. The van der Waals surface area contributed by atoms with Gasteiger partial charge in [-0.3, -0.25) is 0 Å². The summed E-state index contributed by atoms with van der Waals surface area (Å²) in [6.45, 7) is 0.778. The molecule has 8 heteroatoms. The first-order valence-electron chi connectivity index (χ1n) is 8.98. The quantitative estimate of drug-likeness (QED) is 0.822. The fourth-order valence-electron chi connectivity index (χ4n) is 5.28. The lowest BCUT2D eigenvalue weighted by atomic mass is 9.53. The van der Waals surface area contributed by atoms with E-state index in [-0.39, 0.29) is 17.4 Å². The Bertz CT molecular complexity index is 962. The maximum Gasteiger partial charge on any atom is 0.276 e. The molecule has 7 nitrogen and oxygen atoms in total. The molecule has 1 saturated carbocycles. The molecule has 3 aliphatic rings. The van der Waals surface area contributed by atoms with E-state index in [0.29, 0.717) is 25.9 Å². The van der Waals surface area contributed by atoms with Gasteiger partial charge in [-0.05, 0) is 30.2 Å². The Morgan fingerprint density at radius 2 is 1.96 bits per heavy atom. The molecule has 0 radical (unpaired) electrons. The second-order valence-electron chi connectivity index (χ2n) is 7.84.